The van der Waals surface area contributed by atoms with Crippen LogP contribution in [-0.4, -0.2) is 33.7 Å². The summed E-state index contributed by atoms with van der Waals surface area (Å²) >= 11 is 0. The van der Waals surface area contributed by atoms with Crippen LogP contribution in [0.25, 0.3) is 0 Å². The van der Waals surface area contributed by atoms with Crippen molar-refractivity contribution >= 4 is 5.97 Å². The topological polar surface area (TPSA) is 104 Å². The molecule has 0 amide bonds. The summed E-state index contributed by atoms with van der Waals surface area (Å²) < 4.78 is 1.35. The van der Waals surface area contributed by atoms with Crippen LogP contribution in [0.15, 0.2) is 15.8 Å². The molecule has 1 aliphatic heterocycles. The predicted molar refractivity (Wildman–Crippen MR) is 63.8 cm³/mol. The minimum absolute atomic E-state index is 0.144. The molecule has 1 aromatic rings. The molecule has 1 aromatic heterocycles. The molecule has 2 heterocycles. The first-order chi connectivity index (χ1) is 8.48. The largest absolute Gasteiger partial charge is 0.481 e. The molecule has 1 saturated heterocycles. The number of carbonyl (C=O) groups is 1. The minimum atomic E-state index is -0.965. The van der Waals surface area contributed by atoms with E-state index in [1.807, 2.05) is 6.92 Å². The van der Waals surface area contributed by atoms with E-state index in [4.69, 9.17) is 5.11 Å². The Morgan fingerprint density at radius 1 is 1.50 bits per heavy atom. The van der Waals surface area contributed by atoms with E-state index in [1.165, 1.54) is 10.8 Å². The maximum absolute atomic E-state index is 11.8. The zero-order chi connectivity index (χ0) is 13.3. The smallest absolute Gasteiger partial charge is 0.328 e. The summed E-state index contributed by atoms with van der Waals surface area (Å²) in [6.45, 7) is 2.63. The lowest BCUT2D eigenvalue weighted by atomic mass is 9.88. The normalized spacial score (nSPS) is 17.2. The predicted octanol–water partition coefficient (Wildman–Crippen LogP) is -1.13. The van der Waals surface area contributed by atoms with Crippen LogP contribution < -0.4 is 16.6 Å². The summed E-state index contributed by atoms with van der Waals surface area (Å²) in [6, 6.07) is 0. The van der Waals surface area contributed by atoms with Gasteiger partial charge >= 0.3 is 11.7 Å². The Kier molecular flexibility index (Phi) is 3.08. The number of carboxylic acids is 1. The van der Waals surface area contributed by atoms with Crippen LogP contribution in [0.3, 0.4) is 0 Å². The molecule has 0 aliphatic carbocycles. The fourth-order valence-corrected chi connectivity index (χ4v) is 2.19. The number of hydrogen-bond acceptors (Lipinski definition) is 4. The number of aliphatic carboxylic acids is 1. The molecule has 0 unspecified atom stereocenters. The van der Waals surface area contributed by atoms with E-state index in [1.54, 1.807) is 0 Å². The van der Waals surface area contributed by atoms with Gasteiger partial charge in [-0.1, -0.05) is 6.92 Å². The Morgan fingerprint density at radius 3 is 2.61 bits per heavy atom. The first kappa shape index (κ1) is 12.6. The van der Waals surface area contributed by atoms with Crippen molar-refractivity contribution in [3.63, 3.8) is 0 Å². The zero-order valence-corrected chi connectivity index (χ0v) is 10.0. The number of H-pyrrole nitrogens is 1. The number of nitrogens with one attached hydrogen (secondary N) is 2. The van der Waals surface area contributed by atoms with Crippen LogP contribution in [0.1, 0.15) is 18.9 Å². The van der Waals surface area contributed by atoms with Crippen LogP contribution in [0.5, 0.6) is 0 Å². The molecule has 0 aromatic carbocycles. The van der Waals surface area contributed by atoms with E-state index in [2.05, 4.69) is 10.3 Å². The van der Waals surface area contributed by atoms with Gasteiger partial charge in [0, 0.05) is 24.8 Å². The monoisotopic (exact) mass is 253 g/mol. The van der Waals surface area contributed by atoms with Gasteiger partial charge in [-0.3, -0.25) is 19.1 Å². The van der Waals surface area contributed by atoms with Gasteiger partial charge in [0.2, 0.25) is 0 Å². The quantitative estimate of drug-likeness (QED) is 0.630. The van der Waals surface area contributed by atoms with Gasteiger partial charge in [0.1, 0.15) is 0 Å². The summed E-state index contributed by atoms with van der Waals surface area (Å²) in [5.74, 6) is -0.965. The molecule has 0 radical (unpaired) electrons. The SMILES string of the molecule is CCc1cn(C2(CC(=O)O)CNC2)c(=O)[nH]c1=O. The standard InChI is InChI=1S/C11H15N3O4/c1-2-7-4-14(10(18)13-9(7)17)11(3-8(15)16)5-12-6-11/h4,12H,2-3,5-6H2,1H3,(H,15,16)(H,13,17,18). The Hall–Kier alpha value is -1.89. The maximum atomic E-state index is 11.8. The summed E-state index contributed by atoms with van der Waals surface area (Å²) in [6.07, 6.45) is 1.83. The third-order valence-corrected chi connectivity index (χ3v) is 3.30. The lowest BCUT2D eigenvalue weighted by Gasteiger charge is -2.42. The molecule has 0 atom stereocenters. The van der Waals surface area contributed by atoms with E-state index in [0.717, 1.165) is 0 Å². The lowest BCUT2D eigenvalue weighted by Crippen LogP contribution is -2.64. The Labute approximate surface area is 102 Å². The zero-order valence-electron chi connectivity index (χ0n) is 10.0. The number of aromatic nitrogens is 2. The van der Waals surface area contributed by atoms with Gasteiger partial charge in [0.25, 0.3) is 5.56 Å². The number of hydrogen-bond donors (Lipinski definition) is 3. The summed E-state index contributed by atoms with van der Waals surface area (Å²) in [7, 11) is 0. The third kappa shape index (κ3) is 1.97. The van der Waals surface area contributed by atoms with Crippen molar-refractivity contribution < 1.29 is 9.90 Å². The van der Waals surface area contributed by atoms with E-state index >= 15 is 0 Å². The number of aryl methyl sites for hydroxylation is 1. The van der Waals surface area contributed by atoms with E-state index in [0.29, 0.717) is 25.1 Å². The van der Waals surface area contributed by atoms with E-state index < -0.39 is 22.8 Å². The summed E-state index contributed by atoms with van der Waals surface area (Å²) in [5, 5.41) is 11.9. The highest BCUT2D eigenvalue weighted by Crippen LogP contribution is 2.24. The van der Waals surface area contributed by atoms with Gasteiger partial charge < -0.3 is 10.4 Å². The highest BCUT2D eigenvalue weighted by molar-refractivity contribution is 5.68. The molecule has 7 nitrogen and oxygen atoms in total. The Morgan fingerprint density at radius 2 is 2.17 bits per heavy atom. The molecule has 3 N–H and O–H groups in total. The van der Waals surface area contributed by atoms with Crippen molar-refractivity contribution in [3.05, 3.63) is 32.6 Å². The van der Waals surface area contributed by atoms with Gasteiger partial charge in [-0.05, 0) is 6.42 Å². The number of carboxylic acid groups (broad SMARTS) is 1. The number of rotatable bonds is 4. The van der Waals surface area contributed by atoms with Crippen molar-refractivity contribution in [1.82, 2.24) is 14.9 Å². The Bertz CT molecular complexity index is 583. The summed E-state index contributed by atoms with van der Waals surface area (Å²) in [4.78, 5) is 36.4. The van der Waals surface area contributed by atoms with Crippen LogP contribution in [-0.2, 0) is 16.8 Å². The lowest BCUT2D eigenvalue weighted by molar-refractivity contribution is -0.140. The molecule has 1 fully saturated rings. The Balaban J connectivity index is 2.52. The molecule has 1 aliphatic rings. The van der Waals surface area contributed by atoms with E-state index in [9.17, 15) is 14.4 Å². The molecule has 98 valence electrons. The highest BCUT2D eigenvalue weighted by Gasteiger charge is 2.41. The van der Waals surface area contributed by atoms with Gasteiger partial charge in [0.05, 0.1) is 12.0 Å². The molecule has 18 heavy (non-hydrogen) atoms. The fourth-order valence-electron chi connectivity index (χ4n) is 2.19. The summed E-state index contributed by atoms with van der Waals surface area (Å²) in [5.41, 5.74) is -1.25. The average molecular weight is 253 g/mol. The van der Waals surface area contributed by atoms with Crippen LogP contribution in [0.2, 0.25) is 0 Å². The van der Waals surface area contributed by atoms with Crippen LogP contribution in [0, 0.1) is 0 Å². The van der Waals surface area contributed by atoms with Crippen LogP contribution >= 0.6 is 0 Å². The molecule has 0 spiro atoms. The first-order valence-corrected chi connectivity index (χ1v) is 5.76. The fraction of sp³-hybridized carbons (Fsp3) is 0.545. The van der Waals surface area contributed by atoms with Gasteiger partial charge in [0.15, 0.2) is 0 Å². The first-order valence-electron chi connectivity index (χ1n) is 5.76. The van der Waals surface area contributed by atoms with Crippen molar-refractivity contribution in [3.8, 4) is 0 Å². The number of nitrogens with zero attached hydrogens (tertiary/aromatic N) is 1. The van der Waals surface area contributed by atoms with Crippen molar-refractivity contribution in [2.24, 2.45) is 0 Å². The molecule has 0 saturated carbocycles. The third-order valence-electron chi connectivity index (χ3n) is 3.30. The molecule has 0 bridgehead atoms. The second-order valence-corrected chi connectivity index (χ2v) is 4.54. The van der Waals surface area contributed by atoms with Gasteiger partial charge in [-0.15, -0.1) is 0 Å². The van der Waals surface area contributed by atoms with Gasteiger partial charge in [-0.25, -0.2) is 4.79 Å². The molecule has 2 rings (SSSR count). The van der Waals surface area contributed by atoms with Crippen molar-refractivity contribution in [2.75, 3.05) is 13.1 Å². The molecular weight excluding hydrogens is 238 g/mol. The second-order valence-electron chi connectivity index (χ2n) is 4.54. The molecule has 7 heteroatoms. The number of aromatic amines is 1. The minimum Gasteiger partial charge on any atom is -0.481 e. The maximum Gasteiger partial charge on any atom is 0.328 e. The van der Waals surface area contributed by atoms with E-state index in [-0.39, 0.29) is 6.42 Å². The van der Waals surface area contributed by atoms with Gasteiger partial charge in [-0.2, -0.15) is 0 Å². The average Bonchev–Trinajstić information content (AvgIpc) is 2.24. The van der Waals surface area contributed by atoms with Crippen molar-refractivity contribution in [2.45, 2.75) is 25.3 Å². The second kappa shape index (κ2) is 4.41. The highest BCUT2D eigenvalue weighted by atomic mass is 16.4. The molecular formula is C11H15N3O4. The van der Waals surface area contributed by atoms with Crippen molar-refractivity contribution in [1.29, 1.82) is 0 Å². The van der Waals surface area contributed by atoms with Crippen LogP contribution in [0.4, 0.5) is 0 Å².